The maximum Gasteiger partial charge on any atom is 0.254 e. The minimum atomic E-state index is -0.451. The van der Waals surface area contributed by atoms with E-state index in [2.05, 4.69) is 5.32 Å². The number of ether oxygens (including phenoxy) is 2. The van der Waals surface area contributed by atoms with E-state index in [0.717, 1.165) is 12.8 Å². The van der Waals surface area contributed by atoms with Crippen molar-refractivity contribution < 1.29 is 19.1 Å². The molecular formula is C16H21ClN2O4. The summed E-state index contributed by atoms with van der Waals surface area (Å²) in [6, 6.07) is 2.68. The molecule has 2 amide bonds. The summed E-state index contributed by atoms with van der Waals surface area (Å²) in [5.41, 5.74) is 0.378. The molecule has 1 aromatic rings. The molecule has 2 rings (SSSR count). The zero-order chi connectivity index (χ0) is 17.0. The van der Waals surface area contributed by atoms with Gasteiger partial charge in [0.25, 0.3) is 5.91 Å². The minimum Gasteiger partial charge on any atom is -0.493 e. The number of nitrogens with zero attached hydrogens (tertiary/aromatic N) is 1. The maximum absolute atomic E-state index is 12.8. The number of methoxy groups -OCH3 is 2. The van der Waals surface area contributed by atoms with Gasteiger partial charge in [-0.05, 0) is 31.4 Å². The largest absolute Gasteiger partial charge is 0.493 e. The van der Waals surface area contributed by atoms with Gasteiger partial charge in [0.05, 0.1) is 19.2 Å². The second-order valence-electron chi connectivity index (χ2n) is 5.32. The zero-order valence-electron chi connectivity index (χ0n) is 13.5. The van der Waals surface area contributed by atoms with Crippen LogP contribution in [0.2, 0.25) is 5.02 Å². The van der Waals surface area contributed by atoms with E-state index in [-0.39, 0.29) is 11.8 Å². The first kappa shape index (κ1) is 17.4. The summed E-state index contributed by atoms with van der Waals surface area (Å²) < 4.78 is 10.4. The van der Waals surface area contributed by atoms with Crippen LogP contribution in [-0.4, -0.2) is 50.6 Å². The quantitative estimate of drug-likeness (QED) is 0.911. The molecule has 1 atom stereocenters. The summed E-state index contributed by atoms with van der Waals surface area (Å²) in [6.45, 7) is 0.545. The van der Waals surface area contributed by atoms with Crippen LogP contribution in [-0.2, 0) is 4.79 Å². The first-order valence-electron chi connectivity index (χ1n) is 7.47. The van der Waals surface area contributed by atoms with Gasteiger partial charge < -0.3 is 19.7 Å². The fourth-order valence-electron chi connectivity index (χ4n) is 2.82. The molecule has 1 N–H and O–H groups in total. The lowest BCUT2D eigenvalue weighted by atomic mass is 10.00. The SMILES string of the molecule is CNC(=O)C1CCCCN1C(=O)c1cc(Cl)c(OC)c(OC)c1. The summed E-state index contributed by atoms with van der Waals surface area (Å²) >= 11 is 6.17. The van der Waals surface area contributed by atoms with Gasteiger partial charge >= 0.3 is 0 Å². The van der Waals surface area contributed by atoms with Crippen LogP contribution >= 0.6 is 11.6 Å². The summed E-state index contributed by atoms with van der Waals surface area (Å²) in [6.07, 6.45) is 2.46. The van der Waals surface area contributed by atoms with Crippen LogP contribution < -0.4 is 14.8 Å². The van der Waals surface area contributed by atoms with Crippen LogP contribution in [0, 0.1) is 0 Å². The van der Waals surface area contributed by atoms with Gasteiger partial charge in [-0.3, -0.25) is 9.59 Å². The fraction of sp³-hybridized carbons (Fsp3) is 0.500. The standard InChI is InChI=1S/C16H21ClN2O4/c1-18-15(20)12-6-4-5-7-19(12)16(21)10-8-11(17)14(23-3)13(9-10)22-2/h8-9,12H,4-7H2,1-3H3,(H,18,20). The Bertz CT molecular complexity index is 606. The molecule has 1 unspecified atom stereocenters. The second-order valence-corrected chi connectivity index (χ2v) is 5.73. The number of likely N-dealkylation sites (N-methyl/N-ethyl adjacent to an activating group) is 1. The molecule has 1 aliphatic rings. The number of carbonyl (C=O) groups is 2. The van der Waals surface area contributed by atoms with Gasteiger partial charge in [0, 0.05) is 19.2 Å². The average molecular weight is 341 g/mol. The third-order valence-corrected chi connectivity index (χ3v) is 4.27. The van der Waals surface area contributed by atoms with Gasteiger partial charge in [-0.2, -0.15) is 0 Å². The fourth-order valence-corrected chi connectivity index (χ4v) is 3.11. The number of amides is 2. The Morgan fingerprint density at radius 2 is 2.00 bits per heavy atom. The van der Waals surface area contributed by atoms with Crippen molar-refractivity contribution in [2.45, 2.75) is 25.3 Å². The Labute approximate surface area is 140 Å². The van der Waals surface area contributed by atoms with Crippen LogP contribution in [0.4, 0.5) is 0 Å². The van der Waals surface area contributed by atoms with Crippen molar-refractivity contribution in [1.29, 1.82) is 0 Å². The smallest absolute Gasteiger partial charge is 0.254 e. The van der Waals surface area contributed by atoms with Crippen LogP contribution in [0.3, 0.4) is 0 Å². The molecule has 1 aromatic carbocycles. The minimum absolute atomic E-state index is 0.148. The summed E-state index contributed by atoms with van der Waals surface area (Å²) in [5.74, 6) is 0.384. The number of benzene rings is 1. The number of hydrogen-bond donors (Lipinski definition) is 1. The molecule has 0 aliphatic carbocycles. The van der Waals surface area contributed by atoms with E-state index in [1.54, 1.807) is 24.1 Å². The number of halogens is 1. The number of carbonyl (C=O) groups excluding carboxylic acids is 2. The van der Waals surface area contributed by atoms with Crippen molar-refractivity contribution >= 4 is 23.4 Å². The summed E-state index contributed by atoms with van der Waals surface area (Å²) in [5, 5.41) is 2.91. The van der Waals surface area contributed by atoms with E-state index < -0.39 is 6.04 Å². The predicted molar refractivity (Wildman–Crippen MR) is 87.3 cm³/mol. The lowest BCUT2D eigenvalue weighted by molar-refractivity contribution is -0.126. The highest BCUT2D eigenvalue weighted by Crippen LogP contribution is 2.36. The average Bonchev–Trinajstić information content (AvgIpc) is 2.59. The molecule has 0 saturated carbocycles. The number of rotatable bonds is 4. The van der Waals surface area contributed by atoms with E-state index in [9.17, 15) is 9.59 Å². The number of hydrogen-bond acceptors (Lipinski definition) is 4. The Morgan fingerprint density at radius 3 is 2.61 bits per heavy atom. The first-order chi connectivity index (χ1) is 11.0. The summed E-state index contributed by atoms with van der Waals surface area (Å²) in [4.78, 5) is 26.5. The van der Waals surface area contributed by atoms with Gasteiger partial charge in [-0.15, -0.1) is 0 Å². The Morgan fingerprint density at radius 1 is 1.26 bits per heavy atom. The molecule has 1 saturated heterocycles. The van der Waals surface area contributed by atoms with Crippen LogP contribution in [0.5, 0.6) is 11.5 Å². The monoisotopic (exact) mass is 340 g/mol. The van der Waals surface area contributed by atoms with Crippen molar-refractivity contribution in [2.24, 2.45) is 0 Å². The van der Waals surface area contributed by atoms with Gasteiger partial charge in [0.15, 0.2) is 11.5 Å². The number of nitrogens with one attached hydrogen (secondary N) is 1. The van der Waals surface area contributed by atoms with Crippen molar-refractivity contribution in [3.05, 3.63) is 22.7 Å². The van der Waals surface area contributed by atoms with Crippen molar-refractivity contribution in [2.75, 3.05) is 27.8 Å². The van der Waals surface area contributed by atoms with Crippen molar-refractivity contribution in [1.82, 2.24) is 10.2 Å². The van der Waals surface area contributed by atoms with E-state index in [4.69, 9.17) is 21.1 Å². The van der Waals surface area contributed by atoms with Gasteiger partial charge in [0.2, 0.25) is 5.91 Å². The van der Waals surface area contributed by atoms with Crippen molar-refractivity contribution in [3.63, 3.8) is 0 Å². The molecule has 1 fully saturated rings. The Kier molecular flexibility index (Phi) is 5.71. The van der Waals surface area contributed by atoms with Crippen molar-refractivity contribution in [3.8, 4) is 11.5 Å². The van der Waals surface area contributed by atoms with Crippen LogP contribution in [0.1, 0.15) is 29.6 Å². The maximum atomic E-state index is 12.8. The van der Waals surface area contributed by atoms with Gasteiger partial charge in [-0.25, -0.2) is 0 Å². The van der Waals surface area contributed by atoms with E-state index in [0.29, 0.717) is 35.1 Å². The van der Waals surface area contributed by atoms with E-state index in [1.807, 2.05) is 0 Å². The normalized spacial score (nSPS) is 17.6. The highest BCUT2D eigenvalue weighted by molar-refractivity contribution is 6.32. The molecule has 126 valence electrons. The molecule has 0 spiro atoms. The summed E-state index contributed by atoms with van der Waals surface area (Å²) in [7, 11) is 4.54. The van der Waals surface area contributed by atoms with Crippen LogP contribution in [0.25, 0.3) is 0 Å². The Balaban J connectivity index is 2.35. The zero-order valence-corrected chi connectivity index (χ0v) is 14.3. The lowest BCUT2D eigenvalue weighted by Crippen LogP contribution is -2.51. The van der Waals surface area contributed by atoms with Gasteiger partial charge in [0.1, 0.15) is 6.04 Å². The molecule has 1 heterocycles. The molecule has 1 aliphatic heterocycles. The Hall–Kier alpha value is -1.95. The first-order valence-corrected chi connectivity index (χ1v) is 7.85. The predicted octanol–water partition coefficient (Wildman–Crippen LogP) is 2.10. The third kappa shape index (κ3) is 3.52. The highest BCUT2D eigenvalue weighted by atomic mass is 35.5. The molecule has 7 heteroatoms. The molecule has 0 bridgehead atoms. The molecule has 0 aromatic heterocycles. The third-order valence-electron chi connectivity index (χ3n) is 3.99. The molecule has 0 radical (unpaired) electrons. The topological polar surface area (TPSA) is 67.9 Å². The number of likely N-dealkylation sites (tertiary alicyclic amines) is 1. The molecule has 6 nitrogen and oxygen atoms in total. The van der Waals surface area contributed by atoms with E-state index in [1.165, 1.54) is 14.2 Å². The lowest BCUT2D eigenvalue weighted by Gasteiger charge is -2.34. The van der Waals surface area contributed by atoms with Crippen LogP contribution in [0.15, 0.2) is 12.1 Å². The molecule has 23 heavy (non-hydrogen) atoms. The van der Waals surface area contributed by atoms with Gasteiger partial charge in [-0.1, -0.05) is 11.6 Å². The van der Waals surface area contributed by atoms with E-state index >= 15 is 0 Å². The highest BCUT2D eigenvalue weighted by Gasteiger charge is 2.32. The molecular weight excluding hydrogens is 320 g/mol. The number of piperidine rings is 1. The second kappa shape index (κ2) is 7.55.